The number of halogens is 2. The summed E-state index contributed by atoms with van der Waals surface area (Å²) in [5.41, 5.74) is -0.908. The van der Waals surface area contributed by atoms with Crippen LogP contribution in [0.3, 0.4) is 0 Å². The fourth-order valence-electron chi connectivity index (χ4n) is 1.22. The standard InChI is InChI=1S/C11H10F2N2O2/c12-8-4-7(6-14)5-9(13)10(8)11(17)15-2-1-3-16/h4-5,16H,1-3H2,(H,15,17). The molecule has 0 aliphatic carbocycles. The van der Waals surface area contributed by atoms with E-state index in [4.69, 9.17) is 10.4 Å². The van der Waals surface area contributed by atoms with Crippen molar-refractivity contribution >= 4 is 5.91 Å². The van der Waals surface area contributed by atoms with Crippen molar-refractivity contribution < 1.29 is 18.7 Å². The molecule has 0 aliphatic rings. The first-order valence-corrected chi connectivity index (χ1v) is 4.88. The maximum atomic E-state index is 13.4. The molecule has 90 valence electrons. The van der Waals surface area contributed by atoms with Crippen LogP contribution in [-0.4, -0.2) is 24.2 Å². The minimum Gasteiger partial charge on any atom is -0.396 e. The Morgan fingerprint density at radius 3 is 2.47 bits per heavy atom. The number of nitriles is 1. The molecule has 1 aromatic carbocycles. The molecule has 0 aliphatic heterocycles. The summed E-state index contributed by atoms with van der Waals surface area (Å²) in [7, 11) is 0. The van der Waals surface area contributed by atoms with Crippen LogP contribution in [0.1, 0.15) is 22.3 Å². The van der Waals surface area contributed by atoms with Crippen molar-refractivity contribution in [2.24, 2.45) is 0 Å². The zero-order chi connectivity index (χ0) is 12.8. The SMILES string of the molecule is N#Cc1cc(F)c(C(=O)NCCCO)c(F)c1. The summed E-state index contributed by atoms with van der Waals surface area (Å²) < 4.78 is 26.7. The molecule has 4 nitrogen and oxygen atoms in total. The van der Waals surface area contributed by atoms with E-state index in [1.54, 1.807) is 6.07 Å². The molecule has 0 heterocycles. The molecule has 0 saturated carbocycles. The first-order chi connectivity index (χ1) is 8.10. The van der Waals surface area contributed by atoms with Crippen LogP contribution >= 0.6 is 0 Å². The van der Waals surface area contributed by atoms with Gasteiger partial charge in [0.25, 0.3) is 5.91 Å². The smallest absolute Gasteiger partial charge is 0.257 e. The van der Waals surface area contributed by atoms with Crippen LogP contribution in [0.5, 0.6) is 0 Å². The third-order valence-electron chi connectivity index (χ3n) is 2.02. The molecule has 0 bridgehead atoms. The Labute approximate surface area is 96.5 Å². The summed E-state index contributed by atoms with van der Waals surface area (Å²) in [4.78, 5) is 11.4. The van der Waals surface area contributed by atoms with Crippen LogP contribution in [0.25, 0.3) is 0 Å². The van der Waals surface area contributed by atoms with Crippen molar-refractivity contribution in [3.05, 3.63) is 34.9 Å². The van der Waals surface area contributed by atoms with Crippen LogP contribution in [0.4, 0.5) is 8.78 Å². The van der Waals surface area contributed by atoms with E-state index in [1.807, 2.05) is 0 Å². The van der Waals surface area contributed by atoms with Crippen LogP contribution in [0, 0.1) is 23.0 Å². The molecule has 0 aromatic heterocycles. The number of hydrogen-bond acceptors (Lipinski definition) is 3. The Bertz CT molecular complexity index is 446. The average Bonchev–Trinajstić information content (AvgIpc) is 2.28. The van der Waals surface area contributed by atoms with Crippen LogP contribution in [-0.2, 0) is 0 Å². The van der Waals surface area contributed by atoms with Crippen LogP contribution in [0.15, 0.2) is 12.1 Å². The molecule has 0 spiro atoms. The molecule has 0 fully saturated rings. The van der Waals surface area contributed by atoms with Crippen molar-refractivity contribution in [1.82, 2.24) is 5.32 Å². The number of rotatable bonds is 4. The van der Waals surface area contributed by atoms with Gasteiger partial charge in [0.15, 0.2) is 0 Å². The zero-order valence-corrected chi connectivity index (χ0v) is 8.83. The second kappa shape index (κ2) is 5.92. The molecule has 0 atom stereocenters. The maximum absolute atomic E-state index is 13.4. The normalized spacial score (nSPS) is 9.76. The van der Waals surface area contributed by atoms with Gasteiger partial charge in [-0.05, 0) is 18.6 Å². The summed E-state index contributed by atoms with van der Waals surface area (Å²) in [6.07, 6.45) is 0.297. The second-order valence-corrected chi connectivity index (χ2v) is 3.26. The highest BCUT2D eigenvalue weighted by molar-refractivity contribution is 5.94. The molecular weight excluding hydrogens is 230 g/mol. The topological polar surface area (TPSA) is 73.1 Å². The molecule has 2 N–H and O–H groups in total. The lowest BCUT2D eigenvalue weighted by Crippen LogP contribution is -2.27. The molecule has 6 heteroatoms. The highest BCUT2D eigenvalue weighted by Crippen LogP contribution is 2.14. The summed E-state index contributed by atoms with van der Waals surface area (Å²) in [5.74, 6) is -3.07. The number of benzene rings is 1. The van der Waals surface area contributed by atoms with Gasteiger partial charge in [0.1, 0.15) is 17.2 Å². The number of nitrogens with one attached hydrogen (secondary N) is 1. The van der Waals surface area contributed by atoms with E-state index in [0.29, 0.717) is 6.42 Å². The molecule has 0 radical (unpaired) electrons. The van der Waals surface area contributed by atoms with Crippen molar-refractivity contribution in [2.45, 2.75) is 6.42 Å². The van der Waals surface area contributed by atoms with Gasteiger partial charge in [0.05, 0.1) is 11.6 Å². The number of aliphatic hydroxyl groups excluding tert-OH is 1. The van der Waals surface area contributed by atoms with Gasteiger partial charge < -0.3 is 10.4 Å². The number of aliphatic hydroxyl groups is 1. The van der Waals surface area contributed by atoms with E-state index < -0.39 is 23.1 Å². The second-order valence-electron chi connectivity index (χ2n) is 3.26. The lowest BCUT2D eigenvalue weighted by molar-refractivity contribution is 0.0942. The van der Waals surface area contributed by atoms with E-state index >= 15 is 0 Å². The van der Waals surface area contributed by atoms with E-state index in [2.05, 4.69) is 5.32 Å². The van der Waals surface area contributed by atoms with E-state index in [-0.39, 0.29) is 18.7 Å². The van der Waals surface area contributed by atoms with Crippen LogP contribution in [0.2, 0.25) is 0 Å². The van der Waals surface area contributed by atoms with Gasteiger partial charge in [-0.2, -0.15) is 5.26 Å². The summed E-state index contributed by atoms with van der Waals surface area (Å²) in [6, 6.07) is 3.17. The minimum atomic E-state index is -1.08. The molecular formula is C11H10F2N2O2. The summed E-state index contributed by atoms with van der Waals surface area (Å²) in [6.45, 7) is -0.00711. The molecule has 0 unspecified atom stereocenters. The summed E-state index contributed by atoms with van der Waals surface area (Å²) >= 11 is 0. The van der Waals surface area contributed by atoms with Gasteiger partial charge in [-0.15, -0.1) is 0 Å². The quantitative estimate of drug-likeness (QED) is 0.769. The lowest BCUT2D eigenvalue weighted by atomic mass is 10.1. The van der Waals surface area contributed by atoms with Gasteiger partial charge >= 0.3 is 0 Å². The van der Waals surface area contributed by atoms with E-state index in [0.717, 1.165) is 12.1 Å². The molecule has 0 saturated heterocycles. The Kier molecular flexibility index (Phi) is 4.55. The van der Waals surface area contributed by atoms with Gasteiger partial charge in [0.2, 0.25) is 0 Å². The fraction of sp³-hybridized carbons (Fsp3) is 0.273. The molecule has 1 amide bonds. The molecule has 1 rings (SSSR count). The van der Waals surface area contributed by atoms with Crippen molar-refractivity contribution in [3.63, 3.8) is 0 Å². The van der Waals surface area contributed by atoms with Gasteiger partial charge in [-0.3, -0.25) is 4.79 Å². The highest BCUT2D eigenvalue weighted by Gasteiger charge is 2.18. The van der Waals surface area contributed by atoms with E-state index in [1.165, 1.54) is 0 Å². The van der Waals surface area contributed by atoms with Crippen molar-refractivity contribution in [2.75, 3.05) is 13.2 Å². The molecule has 1 aromatic rings. The average molecular weight is 240 g/mol. The Balaban J connectivity index is 2.91. The number of carbonyl (C=O) groups excluding carboxylic acids is 1. The van der Waals surface area contributed by atoms with Gasteiger partial charge in [0, 0.05) is 13.2 Å². The molecule has 17 heavy (non-hydrogen) atoms. The first-order valence-electron chi connectivity index (χ1n) is 4.88. The predicted octanol–water partition coefficient (Wildman–Crippen LogP) is 0.949. The van der Waals surface area contributed by atoms with Crippen molar-refractivity contribution in [3.8, 4) is 6.07 Å². The largest absolute Gasteiger partial charge is 0.396 e. The maximum Gasteiger partial charge on any atom is 0.257 e. The Morgan fingerprint density at radius 1 is 1.41 bits per heavy atom. The summed E-state index contributed by atoms with van der Waals surface area (Å²) in [5, 5.41) is 19.2. The van der Waals surface area contributed by atoms with Crippen LogP contribution < -0.4 is 5.32 Å². The zero-order valence-electron chi connectivity index (χ0n) is 8.83. The predicted molar refractivity (Wildman–Crippen MR) is 55.1 cm³/mol. The number of nitrogens with zero attached hydrogens (tertiary/aromatic N) is 1. The third-order valence-corrected chi connectivity index (χ3v) is 2.02. The Morgan fingerprint density at radius 2 is 2.00 bits per heavy atom. The minimum absolute atomic E-state index is 0.119. The number of carbonyl (C=O) groups is 1. The third kappa shape index (κ3) is 3.23. The first kappa shape index (κ1) is 13.1. The number of hydrogen-bond donors (Lipinski definition) is 2. The van der Waals surface area contributed by atoms with E-state index in [9.17, 15) is 13.6 Å². The Hall–Kier alpha value is -2.00. The van der Waals surface area contributed by atoms with Gasteiger partial charge in [-0.25, -0.2) is 8.78 Å². The van der Waals surface area contributed by atoms with Gasteiger partial charge in [-0.1, -0.05) is 0 Å². The number of amides is 1. The highest BCUT2D eigenvalue weighted by atomic mass is 19.1. The monoisotopic (exact) mass is 240 g/mol. The fourth-order valence-corrected chi connectivity index (χ4v) is 1.22. The lowest BCUT2D eigenvalue weighted by Gasteiger charge is -2.06. The van der Waals surface area contributed by atoms with Crippen molar-refractivity contribution in [1.29, 1.82) is 5.26 Å².